The lowest BCUT2D eigenvalue weighted by Crippen LogP contribution is -2.49. The molecule has 0 amide bonds. The van der Waals surface area contributed by atoms with Gasteiger partial charge in [0.25, 0.3) is 0 Å². The number of terminal acetylenes is 1. The molecule has 4 nitrogen and oxygen atoms in total. The minimum Gasteiger partial charge on any atom is -0.389 e. The Labute approximate surface area is 144 Å². The Morgan fingerprint density at radius 1 is 1.35 bits per heavy atom. The molecule has 1 aromatic rings. The normalized spacial score (nSPS) is 17.8. The van der Waals surface area contributed by atoms with Crippen LogP contribution in [0.5, 0.6) is 0 Å². The number of halogens is 1. The zero-order chi connectivity index (χ0) is 16.9. The lowest BCUT2D eigenvalue weighted by atomic mass is 10.1. The van der Waals surface area contributed by atoms with Crippen molar-refractivity contribution in [1.29, 1.82) is 0 Å². The second kappa shape index (κ2) is 8.03. The quantitative estimate of drug-likeness (QED) is 0.808. The number of benzene rings is 1. The first-order valence-corrected chi connectivity index (χ1v) is 8.30. The van der Waals surface area contributed by atoms with Gasteiger partial charge in [-0.1, -0.05) is 23.6 Å². The maximum Gasteiger partial charge on any atom is 0.122 e. The van der Waals surface area contributed by atoms with Gasteiger partial charge >= 0.3 is 0 Å². The van der Waals surface area contributed by atoms with Crippen molar-refractivity contribution in [1.82, 2.24) is 4.90 Å². The Kier molecular flexibility index (Phi) is 6.32. The van der Waals surface area contributed by atoms with Gasteiger partial charge in [0.1, 0.15) is 5.60 Å². The lowest BCUT2D eigenvalue weighted by molar-refractivity contribution is -0.0376. The van der Waals surface area contributed by atoms with Crippen LogP contribution in [0.4, 0.5) is 5.69 Å². The Morgan fingerprint density at radius 2 is 2.04 bits per heavy atom. The van der Waals surface area contributed by atoms with E-state index < -0.39 is 11.7 Å². The summed E-state index contributed by atoms with van der Waals surface area (Å²) in [6, 6.07) is 7.92. The molecule has 126 valence electrons. The average molecular weight is 337 g/mol. The van der Waals surface area contributed by atoms with Gasteiger partial charge in [0.2, 0.25) is 0 Å². The maximum absolute atomic E-state index is 10.1. The van der Waals surface area contributed by atoms with E-state index >= 15 is 0 Å². The Bertz CT molecular complexity index is 548. The van der Waals surface area contributed by atoms with Crippen molar-refractivity contribution in [3.05, 3.63) is 29.3 Å². The molecule has 1 atom stereocenters. The van der Waals surface area contributed by atoms with Crippen molar-refractivity contribution >= 4 is 17.3 Å². The van der Waals surface area contributed by atoms with Crippen LogP contribution < -0.4 is 4.90 Å². The first kappa shape index (κ1) is 18.1. The van der Waals surface area contributed by atoms with E-state index in [1.165, 1.54) is 0 Å². The zero-order valence-corrected chi connectivity index (χ0v) is 14.6. The maximum atomic E-state index is 10.1. The van der Waals surface area contributed by atoms with Crippen molar-refractivity contribution in [3.8, 4) is 12.3 Å². The Balaban J connectivity index is 1.75. The molecule has 0 radical (unpaired) electrons. The fourth-order valence-electron chi connectivity index (χ4n) is 2.56. The van der Waals surface area contributed by atoms with Gasteiger partial charge in [0.05, 0.1) is 12.7 Å². The van der Waals surface area contributed by atoms with Crippen LogP contribution in [-0.2, 0) is 4.74 Å². The Hall–Kier alpha value is -1.25. The third-order valence-electron chi connectivity index (χ3n) is 4.00. The van der Waals surface area contributed by atoms with Crippen LogP contribution in [-0.4, -0.2) is 61.0 Å². The minimum absolute atomic E-state index is 0.256. The highest BCUT2D eigenvalue weighted by atomic mass is 35.5. The molecule has 0 aromatic heterocycles. The summed E-state index contributed by atoms with van der Waals surface area (Å²) in [4.78, 5) is 4.56. The smallest absolute Gasteiger partial charge is 0.122 e. The number of β-amino-alcohol motifs (C(OH)–C–C–N with tert-alkyl or cyclic N) is 1. The van der Waals surface area contributed by atoms with Crippen LogP contribution in [0.3, 0.4) is 0 Å². The number of nitrogens with zero attached hydrogens (tertiary/aromatic N) is 2. The van der Waals surface area contributed by atoms with E-state index in [-0.39, 0.29) is 6.61 Å². The molecule has 23 heavy (non-hydrogen) atoms. The molecule has 1 aliphatic heterocycles. The molecule has 0 spiro atoms. The second-order valence-electron chi connectivity index (χ2n) is 6.39. The summed E-state index contributed by atoms with van der Waals surface area (Å²) in [5.41, 5.74) is 0.517. The van der Waals surface area contributed by atoms with Crippen LogP contribution in [0.2, 0.25) is 5.02 Å². The summed E-state index contributed by atoms with van der Waals surface area (Å²) in [5, 5.41) is 10.9. The Morgan fingerprint density at radius 3 is 2.65 bits per heavy atom. The van der Waals surface area contributed by atoms with E-state index in [2.05, 4.69) is 21.8 Å². The number of aliphatic hydroxyl groups is 1. The molecule has 0 unspecified atom stereocenters. The molecule has 2 rings (SSSR count). The van der Waals surface area contributed by atoms with Gasteiger partial charge in [-0.3, -0.25) is 4.90 Å². The third kappa shape index (κ3) is 5.71. The summed E-state index contributed by atoms with van der Waals surface area (Å²) in [7, 11) is 0. The second-order valence-corrected chi connectivity index (χ2v) is 6.82. The molecule has 0 aliphatic carbocycles. The number of anilines is 1. The topological polar surface area (TPSA) is 35.9 Å². The van der Waals surface area contributed by atoms with E-state index in [0.717, 1.165) is 36.9 Å². The molecule has 1 saturated heterocycles. The fourth-order valence-corrected chi connectivity index (χ4v) is 2.74. The van der Waals surface area contributed by atoms with Gasteiger partial charge in [-0.2, -0.15) is 0 Å². The highest BCUT2D eigenvalue weighted by Gasteiger charge is 2.21. The van der Waals surface area contributed by atoms with Gasteiger partial charge < -0.3 is 14.7 Å². The zero-order valence-electron chi connectivity index (χ0n) is 13.8. The van der Waals surface area contributed by atoms with E-state index in [1.807, 2.05) is 32.0 Å². The molecular formula is C18H25ClN2O2. The molecule has 1 aliphatic rings. The van der Waals surface area contributed by atoms with Crippen LogP contribution in [0, 0.1) is 12.3 Å². The summed E-state index contributed by atoms with van der Waals surface area (Å²) < 4.78 is 5.55. The van der Waals surface area contributed by atoms with E-state index in [9.17, 15) is 5.11 Å². The van der Waals surface area contributed by atoms with Crippen LogP contribution in [0.15, 0.2) is 24.3 Å². The number of piperazine rings is 1. The van der Waals surface area contributed by atoms with Crippen LogP contribution in [0.25, 0.3) is 0 Å². The average Bonchev–Trinajstić information content (AvgIpc) is 2.54. The monoisotopic (exact) mass is 336 g/mol. The lowest BCUT2D eigenvalue weighted by Gasteiger charge is -2.37. The molecule has 1 heterocycles. The predicted octanol–water partition coefficient (Wildman–Crippen LogP) is 2.25. The van der Waals surface area contributed by atoms with E-state index in [0.29, 0.717) is 6.54 Å². The molecular weight excluding hydrogens is 312 g/mol. The van der Waals surface area contributed by atoms with E-state index in [4.69, 9.17) is 22.8 Å². The van der Waals surface area contributed by atoms with Gasteiger partial charge in [0.15, 0.2) is 0 Å². The fraction of sp³-hybridized carbons (Fsp3) is 0.556. The molecule has 1 aromatic carbocycles. The molecule has 0 bridgehead atoms. The summed E-state index contributed by atoms with van der Waals surface area (Å²) >= 11 is 6.05. The first-order valence-electron chi connectivity index (χ1n) is 7.92. The van der Waals surface area contributed by atoms with Gasteiger partial charge in [-0.15, -0.1) is 6.42 Å². The molecule has 0 saturated carbocycles. The van der Waals surface area contributed by atoms with Crippen molar-refractivity contribution < 1.29 is 9.84 Å². The summed E-state index contributed by atoms with van der Waals surface area (Å²) in [6.07, 6.45) is 4.85. The summed E-state index contributed by atoms with van der Waals surface area (Å²) in [6.45, 7) is 8.15. The first-order chi connectivity index (χ1) is 10.9. The number of aliphatic hydroxyl groups excluding tert-OH is 1. The third-order valence-corrected chi connectivity index (χ3v) is 4.23. The van der Waals surface area contributed by atoms with Crippen molar-refractivity contribution in [2.45, 2.75) is 25.6 Å². The van der Waals surface area contributed by atoms with Crippen LogP contribution in [0.1, 0.15) is 13.8 Å². The van der Waals surface area contributed by atoms with Crippen molar-refractivity contribution in [3.63, 3.8) is 0 Å². The van der Waals surface area contributed by atoms with Crippen molar-refractivity contribution in [2.24, 2.45) is 0 Å². The number of rotatable bonds is 6. The molecule has 1 fully saturated rings. The SMILES string of the molecule is C#CC(C)(C)OC[C@H](O)CN1CCN(c2cccc(Cl)c2)CC1. The number of hydrogen-bond acceptors (Lipinski definition) is 4. The standard InChI is InChI=1S/C18H25ClN2O2/c1-4-18(2,3)23-14-17(22)13-20-8-10-21(11-9-20)16-7-5-6-15(19)12-16/h1,5-7,12,17,22H,8-11,13-14H2,2-3H3/t17-/m1/s1. The number of hydrogen-bond donors (Lipinski definition) is 1. The predicted molar refractivity (Wildman–Crippen MR) is 95.0 cm³/mol. The van der Waals surface area contributed by atoms with E-state index in [1.54, 1.807) is 0 Å². The minimum atomic E-state index is -0.633. The van der Waals surface area contributed by atoms with Gasteiger partial charge in [-0.25, -0.2) is 0 Å². The van der Waals surface area contributed by atoms with Gasteiger partial charge in [-0.05, 0) is 32.0 Å². The van der Waals surface area contributed by atoms with Gasteiger partial charge in [0, 0.05) is 43.4 Å². The molecule has 1 N–H and O–H groups in total. The highest BCUT2D eigenvalue weighted by Crippen LogP contribution is 2.20. The molecule has 5 heteroatoms. The van der Waals surface area contributed by atoms with Crippen LogP contribution >= 0.6 is 11.6 Å². The summed E-state index contributed by atoms with van der Waals surface area (Å²) in [5.74, 6) is 2.56. The van der Waals surface area contributed by atoms with Crippen molar-refractivity contribution in [2.75, 3.05) is 44.2 Å². The largest absolute Gasteiger partial charge is 0.389 e. The highest BCUT2D eigenvalue weighted by molar-refractivity contribution is 6.30. The number of ether oxygens (including phenoxy) is 1.